The normalized spacial score (nSPS) is 12.6. The van der Waals surface area contributed by atoms with Crippen LogP contribution in [0, 0.1) is 0 Å². The lowest BCUT2D eigenvalue weighted by Crippen LogP contribution is -2.45. The number of nitrogens with one attached hydrogen (secondary N) is 1. The summed E-state index contributed by atoms with van der Waals surface area (Å²) >= 11 is 0. The van der Waals surface area contributed by atoms with E-state index in [1.54, 1.807) is 6.08 Å². The van der Waals surface area contributed by atoms with Crippen LogP contribution in [0.3, 0.4) is 0 Å². The van der Waals surface area contributed by atoms with Gasteiger partial charge in [-0.2, -0.15) is 0 Å². The minimum absolute atomic E-state index is 0.00317. The van der Waals surface area contributed by atoms with E-state index >= 15 is 0 Å². The first-order valence-electron chi connectivity index (χ1n) is 35.6. The lowest BCUT2D eigenvalue weighted by molar-refractivity contribution is -0.143. The highest BCUT2D eigenvalue weighted by Crippen LogP contribution is 2.19. The summed E-state index contributed by atoms with van der Waals surface area (Å²) < 4.78 is 5.50. The molecule has 0 aliphatic carbocycles. The van der Waals surface area contributed by atoms with Crippen molar-refractivity contribution in [3.8, 4) is 0 Å². The number of rotatable bonds is 67. The molecule has 1 amide bonds. The van der Waals surface area contributed by atoms with E-state index in [0.717, 1.165) is 57.8 Å². The Balaban J connectivity index is 3.45. The molecule has 0 aromatic heterocycles. The Labute approximate surface area is 488 Å². The molecule has 0 bridgehead atoms. The number of hydrogen-bond donors (Lipinski definition) is 3. The number of hydrogen-bond acceptors (Lipinski definition) is 5. The zero-order chi connectivity index (χ0) is 56.4. The molecule has 2 atom stereocenters. The highest BCUT2D eigenvalue weighted by Gasteiger charge is 2.18. The molecule has 462 valence electrons. The molecule has 0 radical (unpaired) electrons. The number of allylic oxidation sites excluding steroid dienone is 3. The topological polar surface area (TPSA) is 95.9 Å². The first kappa shape index (κ1) is 76.3. The van der Waals surface area contributed by atoms with Crippen molar-refractivity contribution < 1.29 is 24.5 Å². The highest BCUT2D eigenvalue weighted by atomic mass is 16.5. The summed E-state index contributed by atoms with van der Waals surface area (Å²) in [5.74, 6) is -0.0722. The van der Waals surface area contributed by atoms with E-state index in [2.05, 4.69) is 31.3 Å². The first-order valence-corrected chi connectivity index (χ1v) is 35.6. The van der Waals surface area contributed by atoms with Crippen molar-refractivity contribution in [2.24, 2.45) is 0 Å². The molecule has 0 rings (SSSR count). The number of unbranched alkanes of at least 4 members (excludes halogenated alkanes) is 54. The Hall–Kier alpha value is -1.66. The molecule has 0 saturated heterocycles. The van der Waals surface area contributed by atoms with Gasteiger partial charge in [-0.1, -0.05) is 353 Å². The van der Waals surface area contributed by atoms with E-state index in [-0.39, 0.29) is 18.5 Å². The summed E-state index contributed by atoms with van der Waals surface area (Å²) in [6, 6.07) is -0.638. The predicted molar refractivity (Wildman–Crippen MR) is 343 cm³/mol. The van der Waals surface area contributed by atoms with E-state index in [1.807, 2.05) is 6.08 Å². The van der Waals surface area contributed by atoms with Crippen molar-refractivity contribution >= 4 is 11.9 Å². The maximum Gasteiger partial charge on any atom is 0.305 e. The van der Waals surface area contributed by atoms with Crippen molar-refractivity contribution in [2.45, 2.75) is 411 Å². The summed E-state index contributed by atoms with van der Waals surface area (Å²) in [7, 11) is 0. The maximum absolute atomic E-state index is 12.5. The Kier molecular flexibility index (Phi) is 66.4. The summed E-state index contributed by atoms with van der Waals surface area (Å²) in [4.78, 5) is 24.6. The Bertz CT molecular complexity index is 1220. The molecular weight excluding hydrogens is 959 g/mol. The van der Waals surface area contributed by atoms with Crippen LogP contribution < -0.4 is 5.32 Å². The lowest BCUT2D eigenvalue weighted by atomic mass is 10.0. The van der Waals surface area contributed by atoms with Gasteiger partial charge in [0.25, 0.3) is 0 Å². The molecule has 0 saturated carbocycles. The van der Waals surface area contributed by atoms with Gasteiger partial charge in [-0.15, -0.1) is 0 Å². The molecule has 3 N–H and O–H groups in total. The zero-order valence-corrected chi connectivity index (χ0v) is 52.9. The van der Waals surface area contributed by atoms with Crippen LogP contribution in [0.5, 0.6) is 0 Å². The number of aliphatic hydroxyl groups excluding tert-OH is 2. The summed E-state index contributed by atoms with van der Waals surface area (Å²) in [5.41, 5.74) is 0. The molecule has 0 fully saturated rings. The molecule has 0 aliphatic heterocycles. The SMILES string of the molecule is CCCCCCCCCCCCCCCCCCCCCCCCC/C=C/C(O)C(CO)NC(=O)CCCCCCCCC/C=C\CCCCCCCCOC(=O)CCCCCCCCCCCCCCCCCCCCC. The summed E-state index contributed by atoms with van der Waals surface area (Å²) in [5, 5.41) is 23.3. The molecule has 6 nitrogen and oxygen atoms in total. The Morgan fingerprint density at radius 2 is 0.603 bits per heavy atom. The fourth-order valence-electron chi connectivity index (χ4n) is 11.3. The number of carbonyl (C=O) groups is 2. The van der Waals surface area contributed by atoms with E-state index in [1.165, 1.54) is 315 Å². The van der Waals surface area contributed by atoms with Crippen LogP contribution in [0.15, 0.2) is 24.3 Å². The van der Waals surface area contributed by atoms with Crippen LogP contribution >= 0.6 is 0 Å². The lowest BCUT2D eigenvalue weighted by Gasteiger charge is -2.20. The molecule has 0 aromatic carbocycles. The second kappa shape index (κ2) is 67.8. The van der Waals surface area contributed by atoms with Crippen LogP contribution in [-0.4, -0.2) is 47.4 Å². The predicted octanol–water partition coefficient (Wildman–Crippen LogP) is 22.9. The molecule has 0 aliphatic rings. The van der Waals surface area contributed by atoms with E-state index < -0.39 is 12.1 Å². The third-order valence-corrected chi connectivity index (χ3v) is 16.7. The molecule has 6 heteroatoms. The number of ether oxygens (including phenoxy) is 1. The molecule has 78 heavy (non-hydrogen) atoms. The average Bonchev–Trinajstić information content (AvgIpc) is 3.44. The number of amides is 1. The van der Waals surface area contributed by atoms with Gasteiger partial charge in [0.2, 0.25) is 5.91 Å². The monoisotopic (exact) mass is 1100 g/mol. The standard InChI is InChI=1S/C72H139NO5/c1-3-5-7-9-11-13-15-17-19-21-23-24-25-26-27-28-30-32-36-40-44-48-52-56-60-64-70(75)69(68-74)73-71(76)65-61-57-53-49-45-41-37-33-31-35-39-43-47-51-55-59-63-67-78-72(77)66-62-58-54-50-46-42-38-34-29-22-20-18-16-14-12-10-8-6-4-2/h31,35,60,64,69-70,74-75H,3-30,32-34,36-59,61-63,65-68H2,1-2H3,(H,73,76)/b35-31-,64-60+. The van der Waals surface area contributed by atoms with Gasteiger partial charge in [-0.25, -0.2) is 0 Å². The van der Waals surface area contributed by atoms with Gasteiger partial charge in [0.15, 0.2) is 0 Å². The summed E-state index contributed by atoms with van der Waals surface area (Å²) in [6.07, 6.45) is 85.4. The molecule has 0 aromatic rings. The van der Waals surface area contributed by atoms with Crippen molar-refractivity contribution in [3.63, 3.8) is 0 Å². The van der Waals surface area contributed by atoms with Crippen LogP contribution in [0.1, 0.15) is 399 Å². The molecule has 0 heterocycles. The third kappa shape index (κ3) is 63.5. The Morgan fingerprint density at radius 1 is 0.346 bits per heavy atom. The molecule has 0 spiro atoms. The van der Waals surface area contributed by atoms with Crippen LogP contribution in [0.25, 0.3) is 0 Å². The number of aliphatic hydroxyl groups is 2. The Morgan fingerprint density at radius 3 is 0.910 bits per heavy atom. The number of esters is 1. The van der Waals surface area contributed by atoms with E-state index in [9.17, 15) is 19.8 Å². The van der Waals surface area contributed by atoms with Gasteiger partial charge >= 0.3 is 5.97 Å². The minimum atomic E-state index is -0.854. The quantitative estimate of drug-likeness (QED) is 0.0320. The largest absolute Gasteiger partial charge is 0.466 e. The minimum Gasteiger partial charge on any atom is -0.466 e. The van der Waals surface area contributed by atoms with Gasteiger partial charge in [0.1, 0.15) is 0 Å². The second-order valence-electron chi connectivity index (χ2n) is 24.6. The van der Waals surface area contributed by atoms with Crippen LogP contribution in [0.4, 0.5) is 0 Å². The van der Waals surface area contributed by atoms with Crippen molar-refractivity contribution in [3.05, 3.63) is 24.3 Å². The van der Waals surface area contributed by atoms with Crippen LogP contribution in [-0.2, 0) is 14.3 Å². The fourth-order valence-corrected chi connectivity index (χ4v) is 11.3. The van der Waals surface area contributed by atoms with Crippen molar-refractivity contribution in [1.82, 2.24) is 5.32 Å². The highest BCUT2D eigenvalue weighted by molar-refractivity contribution is 5.76. The average molecular weight is 1100 g/mol. The van der Waals surface area contributed by atoms with Gasteiger partial charge in [0, 0.05) is 12.8 Å². The van der Waals surface area contributed by atoms with E-state index in [0.29, 0.717) is 19.4 Å². The zero-order valence-electron chi connectivity index (χ0n) is 52.9. The molecular formula is C72H139NO5. The van der Waals surface area contributed by atoms with Gasteiger partial charge in [0.05, 0.1) is 25.4 Å². The maximum atomic E-state index is 12.5. The number of carbonyl (C=O) groups excluding carboxylic acids is 2. The van der Waals surface area contributed by atoms with Gasteiger partial charge < -0.3 is 20.3 Å². The first-order chi connectivity index (χ1) is 38.5. The van der Waals surface area contributed by atoms with Gasteiger partial charge in [-0.05, 0) is 57.8 Å². The van der Waals surface area contributed by atoms with Crippen LogP contribution in [0.2, 0.25) is 0 Å². The molecule has 2 unspecified atom stereocenters. The van der Waals surface area contributed by atoms with E-state index in [4.69, 9.17) is 4.74 Å². The van der Waals surface area contributed by atoms with Gasteiger partial charge in [-0.3, -0.25) is 9.59 Å². The third-order valence-electron chi connectivity index (χ3n) is 16.7. The van der Waals surface area contributed by atoms with Crippen molar-refractivity contribution in [1.29, 1.82) is 0 Å². The smallest absolute Gasteiger partial charge is 0.305 e. The van der Waals surface area contributed by atoms with Crippen molar-refractivity contribution in [2.75, 3.05) is 13.2 Å². The fraction of sp³-hybridized carbons (Fsp3) is 0.917. The summed E-state index contributed by atoms with van der Waals surface area (Å²) in [6.45, 7) is 4.93. The second-order valence-corrected chi connectivity index (χ2v) is 24.6.